The summed E-state index contributed by atoms with van der Waals surface area (Å²) in [7, 11) is -3.00. The Hall–Kier alpha value is -0.870. The van der Waals surface area contributed by atoms with E-state index in [-0.39, 0.29) is 11.5 Å². The minimum Gasteiger partial charge on any atom is -0.316 e. The van der Waals surface area contributed by atoms with E-state index in [2.05, 4.69) is 12.2 Å². The zero-order valence-corrected chi connectivity index (χ0v) is 11.4. The van der Waals surface area contributed by atoms with Crippen LogP contribution in [0.2, 0.25) is 0 Å². The quantitative estimate of drug-likeness (QED) is 0.757. The molecule has 0 saturated carbocycles. The van der Waals surface area contributed by atoms with E-state index in [0.29, 0.717) is 6.54 Å². The van der Waals surface area contributed by atoms with Crippen molar-refractivity contribution >= 4 is 9.84 Å². The molecule has 1 aromatic carbocycles. The fourth-order valence-electron chi connectivity index (χ4n) is 1.61. The molecule has 1 aromatic rings. The molecule has 0 atom stereocenters. The first-order chi connectivity index (χ1) is 8.05. The average Bonchev–Trinajstić information content (AvgIpc) is 2.28. The van der Waals surface area contributed by atoms with Crippen molar-refractivity contribution in [2.45, 2.75) is 26.0 Å². The van der Waals surface area contributed by atoms with Gasteiger partial charge < -0.3 is 5.32 Å². The molecule has 0 radical (unpaired) electrons. The highest BCUT2D eigenvalue weighted by atomic mass is 32.2. The maximum Gasteiger partial charge on any atom is 0.155 e. The Bertz CT molecular complexity index is 440. The maximum atomic E-state index is 11.9. The van der Waals surface area contributed by atoms with Gasteiger partial charge in [-0.25, -0.2) is 8.42 Å². The number of hydrogen-bond donors (Lipinski definition) is 1. The van der Waals surface area contributed by atoms with E-state index in [4.69, 9.17) is 0 Å². The Morgan fingerprint density at radius 1 is 1.18 bits per heavy atom. The van der Waals surface area contributed by atoms with Crippen molar-refractivity contribution in [2.75, 3.05) is 18.8 Å². The molecule has 3 nitrogen and oxygen atoms in total. The average molecular weight is 255 g/mol. The zero-order chi connectivity index (χ0) is 12.7. The summed E-state index contributed by atoms with van der Waals surface area (Å²) < 4.78 is 23.8. The number of rotatable bonds is 7. The molecular weight excluding hydrogens is 234 g/mol. The molecule has 0 bridgehead atoms. The normalized spacial score (nSPS) is 11.6. The third kappa shape index (κ3) is 5.33. The molecule has 0 aromatic heterocycles. The predicted molar refractivity (Wildman–Crippen MR) is 71.8 cm³/mol. The molecular formula is C13H21NO2S. The minimum absolute atomic E-state index is 0.146. The van der Waals surface area contributed by atoms with Crippen LogP contribution in [0.25, 0.3) is 0 Å². The van der Waals surface area contributed by atoms with Crippen LogP contribution in [0.5, 0.6) is 0 Å². The van der Waals surface area contributed by atoms with Crippen molar-refractivity contribution in [2.24, 2.45) is 0 Å². The first-order valence-corrected chi connectivity index (χ1v) is 7.83. The van der Waals surface area contributed by atoms with E-state index in [1.165, 1.54) is 0 Å². The van der Waals surface area contributed by atoms with Gasteiger partial charge in [0.15, 0.2) is 9.84 Å². The second-order valence-corrected chi connectivity index (χ2v) is 6.45. The molecule has 17 heavy (non-hydrogen) atoms. The van der Waals surface area contributed by atoms with Crippen LogP contribution in [-0.4, -0.2) is 27.3 Å². The Labute approximate surface area is 104 Å². The van der Waals surface area contributed by atoms with Gasteiger partial charge in [0.25, 0.3) is 0 Å². The lowest BCUT2D eigenvalue weighted by molar-refractivity contribution is 0.589. The first-order valence-electron chi connectivity index (χ1n) is 6.01. The van der Waals surface area contributed by atoms with Gasteiger partial charge in [0, 0.05) is 6.54 Å². The van der Waals surface area contributed by atoms with E-state index in [1.54, 1.807) is 0 Å². The van der Waals surface area contributed by atoms with Crippen LogP contribution in [0.1, 0.15) is 24.5 Å². The molecule has 0 saturated heterocycles. The molecule has 0 unspecified atom stereocenters. The summed E-state index contributed by atoms with van der Waals surface area (Å²) in [4.78, 5) is 0. The lowest BCUT2D eigenvalue weighted by Crippen LogP contribution is -2.24. The summed E-state index contributed by atoms with van der Waals surface area (Å²) in [6.07, 6.45) is 1.03. The third-order valence-corrected chi connectivity index (χ3v) is 4.23. The molecule has 96 valence electrons. The monoisotopic (exact) mass is 255 g/mol. The van der Waals surface area contributed by atoms with E-state index in [1.807, 2.05) is 31.2 Å². The van der Waals surface area contributed by atoms with Gasteiger partial charge in [0.05, 0.1) is 11.5 Å². The van der Waals surface area contributed by atoms with Gasteiger partial charge in [-0.1, -0.05) is 31.2 Å². The van der Waals surface area contributed by atoms with Gasteiger partial charge >= 0.3 is 0 Å². The van der Waals surface area contributed by atoms with Gasteiger partial charge in [0.2, 0.25) is 0 Å². The smallest absolute Gasteiger partial charge is 0.155 e. The SMILES string of the molecule is CCCNCCS(=O)(=O)Cc1ccccc1C. The fourth-order valence-corrected chi connectivity index (χ4v) is 3.01. The van der Waals surface area contributed by atoms with E-state index in [0.717, 1.165) is 24.1 Å². The fraction of sp³-hybridized carbons (Fsp3) is 0.538. The lowest BCUT2D eigenvalue weighted by atomic mass is 10.1. The van der Waals surface area contributed by atoms with Crippen molar-refractivity contribution in [3.63, 3.8) is 0 Å². The van der Waals surface area contributed by atoms with Crippen molar-refractivity contribution in [3.8, 4) is 0 Å². The van der Waals surface area contributed by atoms with Crippen LogP contribution >= 0.6 is 0 Å². The van der Waals surface area contributed by atoms with Crippen LogP contribution in [0.3, 0.4) is 0 Å². The molecule has 0 aliphatic heterocycles. The zero-order valence-electron chi connectivity index (χ0n) is 10.6. The summed E-state index contributed by atoms with van der Waals surface area (Å²) >= 11 is 0. The third-order valence-electron chi connectivity index (χ3n) is 2.65. The van der Waals surface area contributed by atoms with Crippen molar-refractivity contribution in [1.82, 2.24) is 5.32 Å². The molecule has 1 rings (SSSR count). The summed E-state index contributed by atoms with van der Waals surface area (Å²) in [6.45, 7) is 5.43. The first kappa shape index (κ1) is 14.2. The van der Waals surface area contributed by atoms with E-state index >= 15 is 0 Å². The maximum absolute atomic E-state index is 11.9. The summed E-state index contributed by atoms with van der Waals surface area (Å²) in [5, 5.41) is 3.11. The molecule has 0 amide bonds. The van der Waals surface area contributed by atoms with Gasteiger partial charge in [-0.3, -0.25) is 0 Å². The molecule has 0 fully saturated rings. The van der Waals surface area contributed by atoms with Gasteiger partial charge in [-0.2, -0.15) is 0 Å². The van der Waals surface area contributed by atoms with Crippen molar-refractivity contribution < 1.29 is 8.42 Å². The summed E-state index contributed by atoms with van der Waals surface area (Å²) in [5.41, 5.74) is 1.94. The molecule has 0 spiro atoms. The van der Waals surface area contributed by atoms with Crippen LogP contribution < -0.4 is 5.32 Å². The number of sulfone groups is 1. The number of aryl methyl sites for hydroxylation is 1. The van der Waals surface area contributed by atoms with Crippen LogP contribution in [0, 0.1) is 6.92 Å². The topological polar surface area (TPSA) is 46.2 Å². The molecule has 0 aliphatic carbocycles. The van der Waals surface area contributed by atoms with Crippen LogP contribution in [0.15, 0.2) is 24.3 Å². The molecule has 4 heteroatoms. The Morgan fingerprint density at radius 3 is 2.53 bits per heavy atom. The largest absolute Gasteiger partial charge is 0.316 e. The van der Waals surface area contributed by atoms with Gasteiger partial charge in [-0.15, -0.1) is 0 Å². The Balaban J connectivity index is 2.52. The summed E-state index contributed by atoms with van der Waals surface area (Å²) in [6, 6.07) is 7.63. The van der Waals surface area contributed by atoms with Crippen molar-refractivity contribution in [1.29, 1.82) is 0 Å². The number of hydrogen-bond acceptors (Lipinski definition) is 3. The summed E-state index contributed by atoms with van der Waals surface area (Å²) in [5.74, 6) is 0.356. The van der Waals surface area contributed by atoms with E-state index in [9.17, 15) is 8.42 Å². The lowest BCUT2D eigenvalue weighted by Gasteiger charge is -2.07. The Morgan fingerprint density at radius 2 is 1.88 bits per heavy atom. The minimum atomic E-state index is -3.00. The molecule has 0 aliphatic rings. The highest BCUT2D eigenvalue weighted by molar-refractivity contribution is 7.90. The highest BCUT2D eigenvalue weighted by Gasteiger charge is 2.12. The predicted octanol–water partition coefficient (Wildman–Crippen LogP) is 1.91. The van der Waals surface area contributed by atoms with Crippen LogP contribution in [0.4, 0.5) is 0 Å². The van der Waals surface area contributed by atoms with Crippen LogP contribution in [-0.2, 0) is 15.6 Å². The highest BCUT2D eigenvalue weighted by Crippen LogP contribution is 2.11. The van der Waals surface area contributed by atoms with Crippen molar-refractivity contribution in [3.05, 3.63) is 35.4 Å². The Kier molecular flexibility index (Phi) is 5.65. The number of nitrogens with one attached hydrogen (secondary N) is 1. The second-order valence-electron chi connectivity index (χ2n) is 4.27. The van der Waals surface area contributed by atoms with Gasteiger partial charge in [-0.05, 0) is 31.0 Å². The second kappa shape index (κ2) is 6.77. The van der Waals surface area contributed by atoms with E-state index < -0.39 is 9.84 Å². The van der Waals surface area contributed by atoms with Gasteiger partial charge in [0.1, 0.15) is 0 Å². The standard InChI is InChI=1S/C13H21NO2S/c1-3-8-14-9-10-17(15,16)11-13-7-5-4-6-12(13)2/h4-7,14H,3,8-11H2,1-2H3. The molecule has 1 N–H and O–H groups in total. The number of benzene rings is 1. The molecule has 0 heterocycles.